The van der Waals surface area contributed by atoms with Crippen molar-refractivity contribution in [1.82, 2.24) is 0 Å². The molecule has 5 heteroatoms. The molecule has 0 spiro atoms. The minimum atomic E-state index is -0.628. The van der Waals surface area contributed by atoms with Crippen LogP contribution in [0.15, 0.2) is 42.5 Å². The molecule has 5 nitrogen and oxygen atoms in total. The van der Waals surface area contributed by atoms with Crippen LogP contribution in [0.3, 0.4) is 0 Å². The number of anilines is 2. The smallest absolute Gasteiger partial charge is 0.234 e. The lowest BCUT2D eigenvalue weighted by molar-refractivity contribution is -0.119. The predicted molar refractivity (Wildman–Crippen MR) is 101 cm³/mol. The average Bonchev–Trinajstić information content (AvgIpc) is 2.83. The van der Waals surface area contributed by atoms with Crippen LogP contribution in [0.25, 0.3) is 0 Å². The van der Waals surface area contributed by atoms with Crippen molar-refractivity contribution in [2.24, 2.45) is 0 Å². The fourth-order valence-corrected chi connectivity index (χ4v) is 3.12. The molecule has 0 saturated heterocycles. The minimum Gasteiger partial charge on any atom is -0.326 e. The van der Waals surface area contributed by atoms with Gasteiger partial charge in [-0.1, -0.05) is 24.3 Å². The quantitative estimate of drug-likeness (QED) is 0.805. The Morgan fingerprint density at radius 2 is 1.81 bits per heavy atom. The number of Topliss-reactive ketones (excluding diaryl/α,β-unsaturated/α-hetero) is 1. The third-order valence-electron chi connectivity index (χ3n) is 4.82. The van der Waals surface area contributed by atoms with Crippen LogP contribution in [0.2, 0.25) is 0 Å². The molecule has 0 unspecified atom stereocenters. The second kappa shape index (κ2) is 6.75. The summed E-state index contributed by atoms with van der Waals surface area (Å²) in [5.74, 6) is -0.315. The normalized spacial score (nSPS) is 14.5. The Morgan fingerprint density at radius 3 is 2.54 bits per heavy atom. The van der Waals surface area contributed by atoms with Gasteiger partial charge in [0.2, 0.25) is 11.8 Å². The van der Waals surface area contributed by atoms with Gasteiger partial charge in [0.1, 0.15) is 0 Å². The van der Waals surface area contributed by atoms with Gasteiger partial charge in [-0.25, -0.2) is 0 Å². The van der Waals surface area contributed by atoms with Crippen molar-refractivity contribution in [3.63, 3.8) is 0 Å². The number of fused-ring (bicyclic) bond motifs is 1. The maximum absolute atomic E-state index is 12.3. The van der Waals surface area contributed by atoms with Crippen LogP contribution in [-0.2, 0) is 15.0 Å². The van der Waals surface area contributed by atoms with Crippen LogP contribution >= 0.6 is 0 Å². The number of hydrogen-bond donors (Lipinski definition) is 2. The summed E-state index contributed by atoms with van der Waals surface area (Å²) >= 11 is 0. The summed E-state index contributed by atoms with van der Waals surface area (Å²) in [6.45, 7) is 5.58. The van der Waals surface area contributed by atoms with E-state index in [-0.39, 0.29) is 30.4 Å². The number of benzene rings is 2. The predicted octanol–water partition coefficient (Wildman–Crippen LogP) is 3.83. The van der Waals surface area contributed by atoms with Crippen molar-refractivity contribution in [3.8, 4) is 0 Å². The van der Waals surface area contributed by atoms with E-state index in [1.54, 1.807) is 18.2 Å². The third kappa shape index (κ3) is 3.38. The Kier molecular flexibility index (Phi) is 4.64. The van der Waals surface area contributed by atoms with Crippen molar-refractivity contribution >= 4 is 29.0 Å². The van der Waals surface area contributed by atoms with Crippen molar-refractivity contribution in [2.75, 3.05) is 10.6 Å². The molecule has 1 aliphatic heterocycles. The van der Waals surface area contributed by atoms with E-state index < -0.39 is 5.41 Å². The molecule has 3 rings (SSSR count). The first-order chi connectivity index (χ1) is 12.3. The van der Waals surface area contributed by atoms with Crippen LogP contribution in [-0.4, -0.2) is 17.6 Å². The van der Waals surface area contributed by atoms with Gasteiger partial charge >= 0.3 is 0 Å². The number of carbonyl (C=O) groups is 3. The van der Waals surface area contributed by atoms with Gasteiger partial charge in [-0.15, -0.1) is 0 Å². The molecular weight excluding hydrogens is 328 g/mol. The molecule has 0 aliphatic carbocycles. The van der Waals surface area contributed by atoms with Crippen molar-refractivity contribution in [3.05, 3.63) is 59.2 Å². The molecule has 0 saturated carbocycles. The highest BCUT2D eigenvalue weighted by atomic mass is 16.2. The first kappa shape index (κ1) is 17.9. The molecule has 0 radical (unpaired) electrons. The van der Waals surface area contributed by atoms with E-state index in [1.165, 1.54) is 0 Å². The molecule has 0 bridgehead atoms. The van der Waals surface area contributed by atoms with E-state index in [1.807, 2.05) is 45.0 Å². The van der Waals surface area contributed by atoms with Gasteiger partial charge in [-0.3, -0.25) is 14.4 Å². The largest absolute Gasteiger partial charge is 0.326 e. The number of aryl methyl sites for hydroxylation is 1. The molecule has 134 valence electrons. The highest BCUT2D eigenvalue weighted by Crippen LogP contribution is 2.38. The van der Waals surface area contributed by atoms with Gasteiger partial charge < -0.3 is 10.6 Å². The van der Waals surface area contributed by atoms with Gasteiger partial charge in [0.05, 0.1) is 5.41 Å². The van der Waals surface area contributed by atoms with E-state index in [0.717, 1.165) is 16.8 Å². The molecular formula is C21H22N2O3. The van der Waals surface area contributed by atoms with Gasteiger partial charge in [0.25, 0.3) is 0 Å². The standard InChI is InChI=1S/C21H22N2O3/c1-13-6-4-5-7-15(13)18(24)10-11-19(25)22-14-8-9-17-16(12-14)21(2,3)20(26)23-17/h4-9,12H,10-11H2,1-3H3,(H,22,25)(H,23,26). The van der Waals surface area contributed by atoms with Crippen molar-refractivity contribution in [1.29, 1.82) is 0 Å². The zero-order valence-corrected chi connectivity index (χ0v) is 15.2. The second-order valence-electron chi connectivity index (χ2n) is 7.13. The molecule has 2 aromatic rings. The van der Waals surface area contributed by atoms with E-state index in [9.17, 15) is 14.4 Å². The summed E-state index contributed by atoms with van der Waals surface area (Å²) in [5, 5.41) is 5.65. The zero-order chi connectivity index (χ0) is 18.9. The summed E-state index contributed by atoms with van der Waals surface area (Å²) in [6, 6.07) is 12.7. The van der Waals surface area contributed by atoms with E-state index >= 15 is 0 Å². The van der Waals surface area contributed by atoms with Gasteiger partial charge in [-0.05, 0) is 50.1 Å². The number of hydrogen-bond acceptors (Lipinski definition) is 3. The van der Waals surface area contributed by atoms with E-state index in [4.69, 9.17) is 0 Å². The van der Waals surface area contributed by atoms with Crippen molar-refractivity contribution in [2.45, 2.75) is 39.0 Å². The van der Waals surface area contributed by atoms with Gasteiger partial charge in [0, 0.05) is 29.8 Å². The van der Waals surface area contributed by atoms with Crippen LogP contribution < -0.4 is 10.6 Å². The molecule has 1 heterocycles. The fraction of sp³-hybridized carbons (Fsp3) is 0.286. The Balaban J connectivity index is 1.63. The number of carbonyl (C=O) groups excluding carboxylic acids is 3. The van der Waals surface area contributed by atoms with Crippen LogP contribution in [0.5, 0.6) is 0 Å². The molecule has 0 aromatic heterocycles. The van der Waals surface area contributed by atoms with E-state index in [0.29, 0.717) is 11.3 Å². The molecule has 1 aliphatic rings. The number of rotatable bonds is 5. The Bertz CT molecular complexity index is 900. The average molecular weight is 350 g/mol. The number of amides is 2. The lowest BCUT2D eigenvalue weighted by atomic mass is 9.86. The molecule has 2 amide bonds. The molecule has 0 fully saturated rings. The summed E-state index contributed by atoms with van der Waals surface area (Å²) in [5.41, 5.74) is 3.20. The Hall–Kier alpha value is -2.95. The van der Waals surface area contributed by atoms with Crippen LogP contribution in [0.1, 0.15) is 48.2 Å². The SMILES string of the molecule is Cc1ccccc1C(=O)CCC(=O)Nc1ccc2c(c1)C(C)(C)C(=O)N2. The fourth-order valence-electron chi connectivity index (χ4n) is 3.12. The minimum absolute atomic E-state index is 0.0388. The molecule has 0 atom stereocenters. The topological polar surface area (TPSA) is 75.3 Å². The number of ketones is 1. The van der Waals surface area contributed by atoms with Gasteiger partial charge in [0.15, 0.2) is 5.78 Å². The third-order valence-corrected chi connectivity index (χ3v) is 4.82. The highest BCUT2D eigenvalue weighted by Gasteiger charge is 2.38. The number of nitrogens with one attached hydrogen (secondary N) is 2. The first-order valence-corrected chi connectivity index (χ1v) is 8.63. The summed E-state index contributed by atoms with van der Waals surface area (Å²) < 4.78 is 0. The lowest BCUT2D eigenvalue weighted by Crippen LogP contribution is -2.26. The first-order valence-electron chi connectivity index (χ1n) is 8.63. The monoisotopic (exact) mass is 350 g/mol. The lowest BCUT2D eigenvalue weighted by Gasteiger charge is -2.16. The van der Waals surface area contributed by atoms with Crippen LogP contribution in [0.4, 0.5) is 11.4 Å². The zero-order valence-electron chi connectivity index (χ0n) is 15.2. The van der Waals surface area contributed by atoms with E-state index in [2.05, 4.69) is 10.6 Å². The molecule has 2 aromatic carbocycles. The summed E-state index contributed by atoms with van der Waals surface area (Å²) in [7, 11) is 0. The summed E-state index contributed by atoms with van der Waals surface area (Å²) in [4.78, 5) is 36.5. The molecule has 2 N–H and O–H groups in total. The Labute approximate surface area is 152 Å². The van der Waals surface area contributed by atoms with Crippen molar-refractivity contribution < 1.29 is 14.4 Å². The highest BCUT2D eigenvalue weighted by molar-refractivity contribution is 6.06. The Morgan fingerprint density at radius 1 is 1.08 bits per heavy atom. The maximum Gasteiger partial charge on any atom is 0.234 e. The van der Waals surface area contributed by atoms with Gasteiger partial charge in [-0.2, -0.15) is 0 Å². The molecule has 26 heavy (non-hydrogen) atoms. The summed E-state index contributed by atoms with van der Waals surface area (Å²) in [6.07, 6.45) is 0.276. The van der Waals surface area contributed by atoms with Crippen LogP contribution in [0, 0.1) is 6.92 Å². The maximum atomic E-state index is 12.3. The second-order valence-corrected chi connectivity index (χ2v) is 7.13.